The van der Waals surface area contributed by atoms with Gasteiger partial charge in [0.1, 0.15) is 5.82 Å². The Labute approximate surface area is 125 Å². The van der Waals surface area contributed by atoms with Crippen LogP contribution >= 0.6 is 0 Å². The third-order valence-corrected chi connectivity index (χ3v) is 4.10. The van der Waals surface area contributed by atoms with E-state index in [1.807, 2.05) is 6.92 Å². The number of aliphatic carboxylic acids is 1. The number of likely N-dealkylation sites (tertiary alicyclic amines) is 1. The summed E-state index contributed by atoms with van der Waals surface area (Å²) in [5.74, 6) is -5.17. The molecule has 0 amide bonds. The lowest BCUT2D eigenvalue weighted by atomic mass is 9.96. The van der Waals surface area contributed by atoms with Gasteiger partial charge in [-0.1, -0.05) is 19.1 Å². The second-order valence-electron chi connectivity index (χ2n) is 5.76. The normalized spacial score (nSPS) is 24.4. The molecule has 0 bridgehead atoms. The summed E-state index contributed by atoms with van der Waals surface area (Å²) in [4.78, 5) is 12.5. The first-order chi connectivity index (χ1) is 10.2. The minimum absolute atomic E-state index is 0.109. The highest BCUT2D eigenvalue weighted by atomic mass is 19.4. The van der Waals surface area contributed by atoms with E-state index in [9.17, 15) is 22.4 Å². The van der Waals surface area contributed by atoms with Gasteiger partial charge in [-0.05, 0) is 23.6 Å². The van der Waals surface area contributed by atoms with Gasteiger partial charge in [0.15, 0.2) is 0 Å². The van der Waals surface area contributed by atoms with Crippen molar-refractivity contribution in [2.75, 3.05) is 19.6 Å². The molecule has 1 aliphatic heterocycles. The predicted molar refractivity (Wildman–Crippen MR) is 71.9 cm³/mol. The lowest BCUT2D eigenvalue weighted by Crippen LogP contribution is -2.33. The van der Waals surface area contributed by atoms with Gasteiger partial charge in [0, 0.05) is 19.6 Å². The van der Waals surface area contributed by atoms with Crippen molar-refractivity contribution in [1.82, 2.24) is 4.90 Å². The van der Waals surface area contributed by atoms with Crippen LogP contribution in [0.5, 0.6) is 0 Å². The number of hydrogen-bond donors (Lipinski definition) is 1. The summed E-state index contributed by atoms with van der Waals surface area (Å²) < 4.78 is 51.6. The zero-order chi connectivity index (χ0) is 16.5. The first-order valence-corrected chi connectivity index (χ1v) is 6.96. The van der Waals surface area contributed by atoms with Gasteiger partial charge in [0.05, 0.1) is 11.8 Å². The van der Waals surface area contributed by atoms with E-state index in [2.05, 4.69) is 0 Å². The largest absolute Gasteiger partial charge is 0.481 e. The molecule has 1 N–H and O–H groups in total. The number of nitrogens with zero attached hydrogens (tertiary/aromatic N) is 1. The van der Waals surface area contributed by atoms with Gasteiger partial charge in [0.25, 0.3) is 0 Å². The lowest BCUT2D eigenvalue weighted by molar-refractivity contribution is -0.188. The molecular formula is C15H17F4NO2. The van der Waals surface area contributed by atoms with E-state index in [1.165, 1.54) is 17.0 Å². The predicted octanol–water partition coefficient (Wildman–Crippen LogP) is 3.12. The number of halogens is 4. The fourth-order valence-corrected chi connectivity index (χ4v) is 2.90. The SMILES string of the molecule is CC(CN1C[C@@H](C(F)(F)F)[C@H](C(=O)O)C1)c1ccc(F)cc1. The van der Waals surface area contributed by atoms with Gasteiger partial charge >= 0.3 is 12.1 Å². The second kappa shape index (κ2) is 6.24. The summed E-state index contributed by atoms with van der Waals surface area (Å²) in [7, 11) is 0. The number of carboxylic acid groups (broad SMARTS) is 1. The fraction of sp³-hybridized carbons (Fsp3) is 0.533. The molecule has 1 fully saturated rings. The van der Waals surface area contributed by atoms with E-state index in [0.29, 0.717) is 6.54 Å². The maximum absolute atomic E-state index is 12.9. The molecule has 1 aromatic rings. The van der Waals surface area contributed by atoms with Crippen LogP contribution in [0.3, 0.4) is 0 Å². The van der Waals surface area contributed by atoms with Crippen LogP contribution in [0.1, 0.15) is 18.4 Å². The Hall–Kier alpha value is -1.63. The van der Waals surface area contributed by atoms with Crippen LogP contribution in [-0.4, -0.2) is 41.8 Å². The van der Waals surface area contributed by atoms with Crippen molar-refractivity contribution in [3.05, 3.63) is 35.6 Å². The molecular weight excluding hydrogens is 302 g/mol. The van der Waals surface area contributed by atoms with Gasteiger partial charge < -0.3 is 10.0 Å². The van der Waals surface area contributed by atoms with E-state index in [0.717, 1.165) is 5.56 Å². The number of rotatable bonds is 4. The third kappa shape index (κ3) is 3.76. The molecule has 0 spiro atoms. The summed E-state index contributed by atoms with van der Waals surface area (Å²) in [5.41, 5.74) is 0.809. The van der Waals surface area contributed by atoms with Crippen molar-refractivity contribution in [2.45, 2.75) is 19.0 Å². The molecule has 0 aliphatic carbocycles. The van der Waals surface area contributed by atoms with Crippen LogP contribution in [0.25, 0.3) is 0 Å². The van der Waals surface area contributed by atoms with Crippen molar-refractivity contribution in [1.29, 1.82) is 0 Å². The average Bonchev–Trinajstić information content (AvgIpc) is 2.83. The number of carboxylic acids is 1. The Morgan fingerprint density at radius 3 is 2.36 bits per heavy atom. The Morgan fingerprint density at radius 2 is 1.91 bits per heavy atom. The van der Waals surface area contributed by atoms with Gasteiger partial charge in [-0.25, -0.2) is 4.39 Å². The summed E-state index contributed by atoms with van der Waals surface area (Å²) >= 11 is 0. The zero-order valence-electron chi connectivity index (χ0n) is 12.0. The number of benzene rings is 1. The first-order valence-electron chi connectivity index (χ1n) is 6.96. The van der Waals surface area contributed by atoms with Crippen LogP contribution < -0.4 is 0 Å². The van der Waals surface area contributed by atoms with E-state index in [1.54, 1.807) is 12.1 Å². The lowest BCUT2D eigenvalue weighted by Gasteiger charge is -2.21. The van der Waals surface area contributed by atoms with Gasteiger partial charge in [-0.2, -0.15) is 13.2 Å². The first kappa shape index (κ1) is 16.7. The topological polar surface area (TPSA) is 40.5 Å². The van der Waals surface area contributed by atoms with Crippen molar-refractivity contribution >= 4 is 5.97 Å². The highest BCUT2D eigenvalue weighted by molar-refractivity contribution is 5.71. The van der Waals surface area contributed by atoms with Crippen molar-refractivity contribution in [3.8, 4) is 0 Å². The molecule has 1 aromatic carbocycles. The van der Waals surface area contributed by atoms with Gasteiger partial charge in [0.2, 0.25) is 0 Å². The molecule has 1 aliphatic rings. The minimum atomic E-state index is -4.52. The van der Waals surface area contributed by atoms with Crippen LogP contribution in [0.15, 0.2) is 24.3 Å². The quantitative estimate of drug-likeness (QED) is 0.867. The molecule has 0 saturated carbocycles. The second-order valence-corrected chi connectivity index (χ2v) is 5.76. The number of carbonyl (C=O) groups is 1. The van der Waals surface area contributed by atoms with Crippen LogP contribution in [-0.2, 0) is 4.79 Å². The Bertz CT molecular complexity index is 529. The molecule has 7 heteroatoms. The van der Waals surface area contributed by atoms with Crippen molar-refractivity contribution < 1.29 is 27.5 Å². The minimum Gasteiger partial charge on any atom is -0.481 e. The number of hydrogen-bond acceptors (Lipinski definition) is 2. The van der Waals surface area contributed by atoms with E-state index in [4.69, 9.17) is 5.11 Å². The monoisotopic (exact) mass is 319 g/mol. The Balaban J connectivity index is 2.04. The molecule has 122 valence electrons. The summed E-state index contributed by atoms with van der Waals surface area (Å²) in [6, 6.07) is 5.78. The fourth-order valence-electron chi connectivity index (χ4n) is 2.90. The molecule has 1 saturated heterocycles. The molecule has 0 radical (unpaired) electrons. The summed E-state index contributed by atoms with van der Waals surface area (Å²) in [5, 5.41) is 8.98. The Kier molecular flexibility index (Phi) is 4.75. The summed E-state index contributed by atoms with van der Waals surface area (Å²) in [6.07, 6.45) is -4.52. The summed E-state index contributed by atoms with van der Waals surface area (Å²) in [6.45, 7) is 1.70. The zero-order valence-corrected chi connectivity index (χ0v) is 12.0. The molecule has 1 unspecified atom stereocenters. The third-order valence-electron chi connectivity index (χ3n) is 4.10. The Morgan fingerprint density at radius 1 is 1.32 bits per heavy atom. The molecule has 2 rings (SSSR count). The molecule has 22 heavy (non-hydrogen) atoms. The highest BCUT2D eigenvalue weighted by Crippen LogP contribution is 2.38. The van der Waals surface area contributed by atoms with Crippen LogP contribution in [0.2, 0.25) is 0 Å². The molecule has 1 heterocycles. The van der Waals surface area contributed by atoms with Crippen molar-refractivity contribution in [2.24, 2.45) is 11.8 Å². The maximum atomic E-state index is 12.9. The van der Waals surface area contributed by atoms with Crippen LogP contribution in [0, 0.1) is 17.7 Å². The highest BCUT2D eigenvalue weighted by Gasteiger charge is 2.52. The van der Waals surface area contributed by atoms with E-state index < -0.39 is 24.0 Å². The maximum Gasteiger partial charge on any atom is 0.393 e. The molecule has 3 atom stereocenters. The standard InChI is InChI=1S/C15H17F4NO2/c1-9(10-2-4-11(16)5-3-10)6-20-7-12(14(21)22)13(8-20)15(17,18)19/h2-5,9,12-13H,6-8H2,1H3,(H,21,22)/t9?,12-,13-/m1/s1. The van der Waals surface area contributed by atoms with Crippen molar-refractivity contribution in [3.63, 3.8) is 0 Å². The average molecular weight is 319 g/mol. The number of alkyl halides is 3. The van der Waals surface area contributed by atoms with Gasteiger partial charge in [-0.3, -0.25) is 4.79 Å². The smallest absolute Gasteiger partial charge is 0.393 e. The van der Waals surface area contributed by atoms with Gasteiger partial charge in [-0.15, -0.1) is 0 Å². The molecule has 0 aromatic heterocycles. The van der Waals surface area contributed by atoms with Crippen LogP contribution in [0.4, 0.5) is 17.6 Å². The molecule has 3 nitrogen and oxygen atoms in total. The van der Waals surface area contributed by atoms with E-state index >= 15 is 0 Å². The van der Waals surface area contributed by atoms with E-state index in [-0.39, 0.29) is 24.8 Å².